The SMILES string of the molecule is CCN(CC)c1nc(N)nc(Nc2ccc3nc(C)cc(N)c3c2)n1. The molecule has 2 aromatic heterocycles. The van der Waals surface area contributed by atoms with Crippen LogP contribution in [0.2, 0.25) is 0 Å². The van der Waals surface area contributed by atoms with Crippen molar-refractivity contribution in [1.82, 2.24) is 19.9 Å². The largest absolute Gasteiger partial charge is 0.398 e. The van der Waals surface area contributed by atoms with Crippen molar-refractivity contribution in [3.8, 4) is 0 Å². The number of aryl methyl sites for hydroxylation is 1. The number of fused-ring (bicyclic) bond motifs is 1. The Labute approximate surface area is 146 Å². The maximum Gasteiger partial charge on any atom is 0.233 e. The van der Waals surface area contributed by atoms with Gasteiger partial charge in [0.15, 0.2) is 0 Å². The standard InChI is InChI=1S/C17H22N8/c1-4-25(5-2)17-23-15(19)22-16(24-17)21-11-6-7-14-12(9-11)13(18)8-10(3)20-14/h6-9H,4-5H2,1-3H3,(H2,18,20)(H3,19,21,22,23,24). The molecule has 0 aliphatic carbocycles. The van der Waals surface area contributed by atoms with Crippen LogP contribution in [0.25, 0.3) is 10.9 Å². The predicted octanol–water partition coefficient (Wildman–Crippen LogP) is 2.48. The van der Waals surface area contributed by atoms with E-state index in [-0.39, 0.29) is 5.95 Å². The Morgan fingerprint density at radius 2 is 1.76 bits per heavy atom. The normalized spacial score (nSPS) is 10.8. The number of nitrogen functional groups attached to an aromatic ring is 2. The first-order chi connectivity index (χ1) is 12.0. The zero-order valence-electron chi connectivity index (χ0n) is 14.6. The molecule has 0 bridgehead atoms. The molecule has 0 saturated heterocycles. The second-order valence-electron chi connectivity index (χ2n) is 5.70. The lowest BCUT2D eigenvalue weighted by Crippen LogP contribution is -2.25. The first kappa shape index (κ1) is 16.7. The molecular formula is C17H22N8. The van der Waals surface area contributed by atoms with Crippen LogP contribution in [0.3, 0.4) is 0 Å². The predicted molar refractivity (Wildman–Crippen MR) is 102 cm³/mol. The van der Waals surface area contributed by atoms with Gasteiger partial charge in [0, 0.05) is 35.5 Å². The number of benzene rings is 1. The van der Waals surface area contributed by atoms with E-state index in [1.54, 1.807) is 0 Å². The number of hydrogen-bond acceptors (Lipinski definition) is 8. The lowest BCUT2D eigenvalue weighted by molar-refractivity contribution is 0.816. The fourth-order valence-corrected chi connectivity index (χ4v) is 2.68. The number of aromatic nitrogens is 4. The third kappa shape index (κ3) is 3.52. The molecule has 3 rings (SSSR count). The molecule has 0 aliphatic rings. The van der Waals surface area contributed by atoms with E-state index in [2.05, 4.69) is 25.3 Å². The first-order valence-electron chi connectivity index (χ1n) is 8.20. The molecule has 8 heteroatoms. The maximum absolute atomic E-state index is 6.11. The molecule has 0 amide bonds. The van der Waals surface area contributed by atoms with Crippen molar-refractivity contribution >= 4 is 40.1 Å². The summed E-state index contributed by atoms with van der Waals surface area (Å²) in [7, 11) is 0. The fraction of sp³-hybridized carbons (Fsp3) is 0.294. The summed E-state index contributed by atoms with van der Waals surface area (Å²) >= 11 is 0. The van der Waals surface area contributed by atoms with Gasteiger partial charge in [0.2, 0.25) is 17.8 Å². The Morgan fingerprint density at radius 1 is 1.00 bits per heavy atom. The quantitative estimate of drug-likeness (QED) is 0.649. The van der Waals surface area contributed by atoms with Gasteiger partial charge in [-0.15, -0.1) is 0 Å². The molecule has 25 heavy (non-hydrogen) atoms. The number of nitrogens with one attached hydrogen (secondary N) is 1. The summed E-state index contributed by atoms with van der Waals surface area (Å²) < 4.78 is 0. The molecule has 0 unspecified atom stereocenters. The van der Waals surface area contributed by atoms with Gasteiger partial charge in [-0.1, -0.05) is 0 Å². The third-order valence-corrected chi connectivity index (χ3v) is 3.91. The van der Waals surface area contributed by atoms with Crippen LogP contribution in [0.1, 0.15) is 19.5 Å². The first-order valence-corrected chi connectivity index (χ1v) is 8.20. The molecule has 0 fully saturated rings. The minimum Gasteiger partial charge on any atom is -0.398 e. The number of anilines is 5. The van der Waals surface area contributed by atoms with Crippen molar-refractivity contribution in [2.24, 2.45) is 0 Å². The van der Waals surface area contributed by atoms with E-state index in [9.17, 15) is 0 Å². The molecule has 130 valence electrons. The van der Waals surface area contributed by atoms with Crippen LogP contribution >= 0.6 is 0 Å². The van der Waals surface area contributed by atoms with E-state index in [0.29, 0.717) is 17.6 Å². The van der Waals surface area contributed by atoms with Crippen LogP contribution in [0, 0.1) is 6.92 Å². The average Bonchev–Trinajstić information content (AvgIpc) is 2.56. The maximum atomic E-state index is 6.11. The molecule has 2 heterocycles. The Kier molecular flexibility index (Phi) is 4.51. The minimum atomic E-state index is 0.178. The number of nitrogens with zero attached hydrogens (tertiary/aromatic N) is 5. The van der Waals surface area contributed by atoms with E-state index in [4.69, 9.17) is 11.5 Å². The van der Waals surface area contributed by atoms with E-state index < -0.39 is 0 Å². The second kappa shape index (κ2) is 6.76. The molecule has 8 nitrogen and oxygen atoms in total. The van der Waals surface area contributed by atoms with Gasteiger partial charge in [0.05, 0.1) is 5.52 Å². The Bertz CT molecular complexity index is 905. The Morgan fingerprint density at radius 3 is 2.48 bits per heavy atom. The van der Waals surface area contributed by atoms with Gasteiger partial charge < -0.3 is 21.7 Å². The summed E-state index contributed by atoms with van der Waals surface area (Å²) in [6.07, 6.45) is 0. The van der Waals surface area contributed by atoms with Gasteiger partial charge in [-0.05, 0) is 45.0 Å². The monoisotopic (exact) mass is 338 g/mol. The van der Waals surface area contributed by atoms with Gasteiger partial charge in [-0.3, -0.25) is 4.98 Å². The van der Waals surface area contributed by atoms with Crippen LogP contribution in [-0.2, 0) is 0 Å². The Hall–Kier alpha value is -3.16. The van der Waals surface area contributed by atoms with Gasteiger partial charge in [-0.25, -0.2) is 0 Å². The van der Waals surface area contributed by atoms with Gasteiger partial charge in [0.25, 0.3) is 0 Å². The van der Waals surface area contributed by atoms with Crippen molar-refractivity contribution in [2.45, 2.75) is 20.8 Å². The summed E-state index contributed by atoms with van der Waals surface area (Å²) in [5.74, 6) is 1.13. The third-order valence-electron chi connectivity index (χ3n) is 3.91. The summed E-state index contributed by atoms with van der Waals surface area (Å²) in [4.78, 5) is 19.3. The lowest BCUT2D eigenvalue weighted by Gasteiger charge is -2.19. The molecule has 0 radical (unpaired) electrons. The van der Waals surface area contributed by atoms with Crippen molar-refractivity contribution in [1.29, 1.82) is 0 Å². The van der Waals surface area contributed by atoms with Crippen LogP contribution in [0.5, 0.6) is 0 Å². The summed E-state index contributed by atoms with van der Waals surface area (Å²) in [6, 6.07) is 7.60. The molecule has 0 saturated carbocycles. The van der Waals surface area contributed by atoms with Gasteiger partial charge in [-0.2, -0.15) is 15.0 Å². The van der Waals surface area contributed by atoms with Crippen LogP contribution in [0.15, 0.2) is 24.3 Å². The van der Waals surface area contributed by atoms with E-state index >= 15 is 0 Å². The van der Waals surface area contributed by atoms with Gasteiger partial charge >= 0.3 is 0 Å². The summed E-state index contributed by atoms with van der Waals surface area (Å²) in [5, 5.41) is 4.05. The smallest absolute Gasteiger partial charge is 0.233 e. The number of hydrogen-bond donors (Lipinski definition) is 3. The molecular weight excluding hydrogens is 316 g/mol. The highest BCUT2D eigenvalue weighted by atomic mass is 15.3. The molecule has 0 atom stereocenters. The molecule has 5 N–H and O–H groups in total. The van der Waals surface area contributed by atoms with E-state index in [1.165, 1.54) is 0 Å². The Balaban J connectivity index is 1.95. The van der Waals surface area contributed by atoms with E-state index in [0.717, 1.165) is 35.4 Å². The topological polar surface area (TPSA) is 119 Å². The lowest BCUT2D eigenvalue weighted by atomic mass is 10.1. The number of nitrogens with two attached hydrogens (primary N) is 2. The molecule has 1 aromatic carbocycles. The molecule has 3 aromatic rings. The number of pyridine rings is 1. The van der Waals surface area contributed by atoms with Crippen molar-refractivity contribution in [3.63, 3.8) is 0 Å². The van der Waals surface area contributed by atoms with E-state index in [1.807, 2.05) is 49.9 Å². The van der Waals surface area contributed by atoms with Crippen LogP contribution < -0.4 is 21.7 Å². The van der Waals surface area contributed by atoms with Crippen molar-refractivity contribution < 1.29 is 0 Å². The second-order valence-corrected chi connectivity index (χ2v) is 5.70. The summed E-state index contributed by atoms with van der Waals surface area (Å²) in [6.45, 7) is 7.58. The highest BCUT2D eigenvalue weighted by molar-refractivity contribution is 5.93. The zero-order valence-corrected chi connectivity index (χ0v) is 14.6. The van der Waals surface area contributed by atoms with Crippen LogP contribution in [-0.4, -0.2) is 33.0 Å². The van der Waals surface area contributed by atoms with Gasteiger partial charge in [0.1, 0.15) is 0 Å². The highest BCUT2D eigenvalue weighted by Gasteiger charge is 2.10. The zero-order chi connectivity index (χ0) is 18.0. The average molecular weight is 338 g/mol. The summed E-state index contributed by atoms with van der Waals surface area (Å²) in [5.41, 5.74) is 15.2. The van der Waals surface area contributed by atoms with Crippen molar-refractivity contribution in [2.75, 3.05) is 34.8 Å². The van der Waals surface area contributed by atoms with Crippen LogP contribution in [0.4, 0.5) is 29.2 Å². The highest BCUT2D eigenvalue weighted by Crippen LogP contribution is 2.25. The fourth-order valence-electron chi connectivity index (χ4n) is 2.68. The molecule has 0 aliphatic heterocycles. The minimum absolute atomic E-state index is 0.178. The van der Waals surface area contributed by atoms with Crippen molar-refractivity contribution in [3.05, 3.63) is 30.0 Å². The molecule has 0 spiro atoms. The number of rotatable bonds is 5.